The molecule has 1 aromatic rings. The first kappa shape index (κ1) is 14.2. The van der Waals surface area contributed by atoms with Crippen molar-refractivity contribution in [1.29, 1.82) is 0 Å². The van der Waals surface area contributed by atoms with Crippen molar-refractivity contribution in [2.24, 2.45) is 0 Å². The third-order valence-corrected chi connectivity index (χ3v) is 4.52. The van der Waals surface area contributed by atoms with Crippen LogP contribution in [0.1, 0.15) is 17.5 Å². The van der Waals surface area contributed by atoms with Crippen LogP contribution in [0.5, 0.6) is 0 Å². The van der Waals surface area contributed by atoms with E-state index in [1.165, 1.54) is 5.56 Å². The fraction of sp³-hybridized carbons (Fsp3) is 0.500. The standard InChI is InChI=1S/C14H20N2O2S/c1-10-3-4-12(11(2)7-10)16-13(17)15-8-14(18)5-6-19-9-14/h3-4,7,18H,5-6,8-9H2,1-2H3,(H2,15,16,17). The summed E-state index contributed by atoms with van der Waals surface area (Å²) in [5.74, 6) is 1.65. The molecule has 1 atom stereocenters. The molecule has 5 heteroatoms. The van der Waals surface area contributed by atoms with Crippen LogP contribution in [0, 0.1) is 13.8 Å². The molecule has 0 saturated carbocycles. The van der Waals surface area contributed by atoms with E-state index in [0.717, 1.165) is 23.4 Å². The molecule has 1 unspecified atom stereocenters. The van der Waals surface area contributed by atoms with E-state index in [1.54, 1.807) is 11.8 Å². The highest BCUT2D eigenvalue weighted by atomic mass is 32.2. The predicted octanol–water partition coefficient (Wildman–Crippen LogP) is 2.29. The zero-order chi connectivity index (χ0) is 13.9. The van der Waals surface area contributed by atoms with Crippen molar-refractivity contribution in [2.75, 3.05) is 23.4 Å². The number of amides is 2. The van der Waals surface area contributed by atoms with E-state index in [-0.39, 0.29) is 6.03 Å². The molecule has 1 saturated heterocycles. The Morgan fingerprint density at radius 2 is 2.26 bits per heavy atom. The Labute approximate surface area is 118 Å². The molecule has 3 N–H and O–H groups in total. The van der Waals surface area contributed by atoms with Gasteiger partial charge in [0.15, 0.2) is 0 Å². The number of anilines is 1. The van der Waals surface area contributed by atoms with Gasteiger partial charge in [-0.2, -0.15) is 11.8 Å². The van der Waals surface area contributed by atoms with Gasteiger partial charge in [0.1, 0.15) is 0 Å². The lowest BCUT2D eigenvalue weighted by Crippen LogP contribution is -2.44. The first-order valence-corrected chi connectivity index (χ1v) is 7.56. The molecule has 2 amide bonds. The number of thioether (sulfide) groups is 1. The number of nitrogens with one attached hydrogen (secondary N) is 2. The molecule has 0 bridgehead atoms. The van der Waals surface area contributed by atoms with Crippen LogP contribution < -0.4 is 10.6 Å². The highest BCUT2D eigenvalue weighted by Gasteiger charge is 2.31. The van der Waals surface area contributed by atoms with Crippen LogP contribution in [0.3, 0.4) is 0 Å². The number of rotatable bonds is 3. The Hall–Kier alpha value is -1.20. The van der Waals surface area contributed by atoms with Crippen LogP contribution in [-0.4, -0.2) is 34.8 Å². The summed E-state index contributed by atoms with van der Waals surface area (Å²) in [6.07, 6.45) is 0.738. The third kappa shape index (κ3) is 3.88. The fourth-order valence-electron chi connectivity index (χ4n) is 2.10. The van der Waals surface area contributed by atoms with E-state index < -0.39 is 5.60 Å². The second-order valence-corrected chi connectivity index (χ2v) is 6.26. The zero-order valence-electron chi connectivity index (χ0n) is 11.3. The number of urea groups is 1. The van der Waals surface area contributed by atoms with Crippen molar-refractivity contribution < 1.29 is 9.90 Å². The number of carbonyl (C=O) groups is 1. The summed E-state index contributed by atoms with van der Waals surface area (Å²) in [6.45, 7) is 4.28. The first-order valence-electron chi connectivity index (χ1n) is 6.41. The molecule has 4 nitrogen and oxygen atoms in total. The molecule has 0 aliphatic carbocycles. The van der Waals surface area contributed by atoms with Crippen LogP contribution in [0.15, 0.2) is 18.2 Å². The number of aliphatic hydroxyl groups is 1. The van der Waals surface area contributed by atoms with Gasteiger partial charge in [-0.3, -0.25) is 0 Å². The maximum absolute atomic E-state index is 11.8. The Balaban J connectivity index is 1.87. The average molecular weight is 280 g/mol. The minimum absolute atomic E-state index is 0.266. The lowest BCUT2D eigenvalue weighted by molar-refractivity contribution is 0.0706. The molecule has 1 heterocycles. The Bertz CT molecular complexity index is 471. The van der Waals surface area contributed by atoms with Crippen LogP contribution in [0.2, 0.25) is 0 Å². The topological polar surface area (TPSA) is 61.4 Å². The lowest BCUT2D eigenvalue weighted by Gasteiger charge is -2.21. The van der Waals surface area contributed by atoms with Crippen molar-refractivity contribution in [3.63, 3.8) is 0 Å². The Morgan fingerprint density at radius 3 is 2.89 bits per heavy atom. The number of hydrogen-bond donors (Lipinski definition) is 3. The van der Waals surface area contributed by atoms with E-state index in [2.05, 4.69) is 10.6 Å². The van der Waals surface area contributed by atoms with Gasteiger partial charge in [0.2, 0.25) is 0 Å². The van der Waals surface area contributed by atoms with Crippen molar-refractivity contribution >= 4 is 23.5 Å². The Kier molecular flexibility index (Phi) is 4.37. The molecule has 2 rings (SSSR count). The minimum Gasteiger partial charge on any atom is -0.387 e. The maximum Gasteiger partial charge on any atom is 0.319 e. The second kappa shape index (κ2) is 5.84. The minimum atomic E-state index is -0.746. The normalized spacial score (nSPS) is 22.3. The second-order valence-electron chi connectivity index (χ2n) is 5.15. The SMILES string of the molecule is Cc1ccc(NC(=O)NCC2(O)CCSC2)c(C)c1. The fourth-order valence-corrected chi connectivity index (χ4v) is 3.40. The number of carbonyl (C=O) groups excluding carboxylic acids is 1. The molecule has 0 spiro atoms. The van der Waals surface area contributed by atoms with Gasteiger partial charge < -0.3 is 15.7 Å². The smallest absolute Gasteiger partial charge is 0.319 e. The van der Waals surface area contributed by atoms with Crippen LogP contribution in [-0.2, 0) is 0 Å². The van der Waals surface area contributed by atoms with Crippen molar-refractivity contribution in [3.8, 4) is 0 Å². The van der Waals surface area contributed by atoms with Gasteiger partial charge in [0.05, 0.1) is 5.60 Å². The summed E-state index contributed by atoms with van der Waals surface area (Å²) >= 11 is 1.72. The van der Waals surface area contributed by atoms with E-state index in [1.807, 2.05) is 32.0 Å². The molecule has 1 aliphatic rings. The van der Waals surface area contributed by atoms with Gasteiger partial charge in [-0.05, 0) is 37.7 Å². The maximum atomic E-state index is 11.8. The third-order valence-electron chi connectivity index (χ3n) is 3.29. The van der Waals surface area contributed by atoms with Crippen LogP contribution >= 0.6 is 11.8 Å². The molecular weight excluding hydrogens is 260 g/mol. The van der Waals surface area contributed by atoms with Crippen molar-refractivity contribution in [2.45, 2.75) is 25.9 Å². The molecular formula is C14H20N2O2S. The molecule has 104 valence electrons. The van der Waals surface area contributed by atoms with Gasteiger partial charge in [-0.15, -0.1) is 0 Å². The number of hydrogen-bond acceptors (Lipinski definition) is 3. The molecule has 1 aromatic carbocycles. The van der Waals surface area contributed by atoms with Crippen molar-refractivity contribution in [1.82, 2.24) is 5.32 Å². The van der Waals surface area contributed by atoms with Crippen LogP contribution in [0.25, 0.3) is 0 Å². The predicted molar refractivity (Wildman–Crippen MR) is 79.8 cm³/mol. The van der Waals surface area contributed by atoms with Crippen molar-refractivity contribution in [3.05, 3.63) is 29.3 Å². The van der Waals surface area contributed by atoms with Gasteiger partial charge in [-0.25, -0.2) is 4.79 Å². The van der Waals surface area contributed by atoms with E-state index in [0.29, 0.717) is 12.3 Å². The molecule has 1 aliphatic heterocycles. The Morgan fingerprint density at radius 1 is 1.47 bits per heavy atom. The molecule has 1 fully saturated rings. The molecule has 0 radical (unpaired) electrons. The van der Waals surface area contributed by atoms with E-state index >= 15 is 0 Å². The summed E-state index contributed by atoms with van der Waals surface area (Å²) in [7, 11) is 0. The monoisotopic (exact) mass is 280 g/mol. The van der Waals surface area contributed by atoms with Gasteiger partial charge in [0, 0.05) is 18.0 Å². The van der Waals surface area contributed by atoms with Crippen LogP contribution in [0.4, 0.5) is 10.5 Å². The van der Waals surface area contributed by atoms with Gasteiger partial charge in [-0.1, -0.05) is 17.7 Å². The molecule has 19 heavy (non-hydrogen) atoms. The quantitative estimate of drug-likeness (QED) is 0.796. The lowest BCUT2D eigenvalue weighted by atomic mass is 10.0. The summed E-state index contributed by atoms with van der Waals surface area (Å²) in [5, 5.41) is 15.7. The summed E-state index contributed by atoms with van der Waals surface area (Å²) in [6, 6.07) is 5.61. The number of aryl methyl sites for hydroxylation is 2. The number of benzene rings is 1. The first-order chi connectivity index (χ1) is 8.98. The largest absolute Gasteiger partial charge is 0.387 e. The van der Waals surface area contributed by atoms with E-state index in [4.69, 9.17) is 0 Å². The van der Waals surface area contributed by atoms with Gasteiger partial charge >= 0.3 is 6.03 Å². The zero-order valence-corrected chi connectivity index (χ0v) is 12.1. The highest BCUT2D eigenvalue weighted by molar-refractivity contribution is 7.99. The summed E-state index contributed by atoms with van der Waals surface area (Å²) in [5.41, 5.74) is 2.26. The van der Waals surface area contributed by atoms with Gasteiger partial charge in [0.25, 0.3) is 0 Å². The molecule has 0 aromatic heterocycles. The summed E-state index contributed by atoms with van der Waals surface area (Å²) in [4.78, 5) is 11.8. The highest BCUT2D eigenvalue weighted by Crippen LogP contribution is 2.27. The van der Waals surface area contributed by atoms with E-state index in [9.17, 15) is 9.90 Å². The summed E-state index contributed by atoms with van der Waals surface area (Å²) < 4.78 is 0. The average Bonchev–Trinajstić information content (AvgIpc) is 2.78.